The van der Waals surface area contributed by atoms with E-state index in [1.807, 2.05) is 6.08 Å². The van der Waals surface area contributed by atoms with Crippen LogP contribution < -0.4 is 0 Å². The molecule has 0 bridgehead atoms. The zero-order chi connectivity index (χ0) is 8.81. The molecular formula is C12H21. The molecule has 0 saturated heterocycles. The zero-order valence-electron chi connectivity index (χ0n) is 8.26. The summed E-state index contributed by atoms with van der Waals surface area (Å²) >= 11 is 0. The third kappa shape index (κ3) is 3.42. The van der Waals surface area contributed by atoms with E-state index in [0.29, 0.717) is 5.92 Å². The maximum absolute atomic E-state index is 5.46. The van der Waals surface area contributed by atoms with Gasteiger partial charge < -0.3 is 0 Å². The molecule has 0 aliphatic heterocycles. The smallest absolute Gasteiger partial charge is 0.0259 e. The molecule has 0 N–H and O–H groups in total. The monoisotopic (exact) mass is 165 g/mol. The molecule has 0 aromatic carbocycles. The lowest BCUT2D eigenvalue weighted by Gasteiger charge is -2.22. The first kappa shape index (κ1) is 9.83. The fourth-order valence-corrected chi connectivity index (χ4v) is 2.07. The van der Waals surface area contributed by atoms with Crippen molar-refractivity contribution >= 4 is 0 Å². The van der Waals surface area contributed by atoms with Gasteiger partial charge in [0.2, 0.25) is 0 Å². The second-order valence-corrected chi connectivity index (χ2v) is 4.25. The highest BCUT2D eigenvalue weighted by Crippen LogP contribution is 2.28. The van der Waals surface area contributed by atoms with Gasteiger partial charge in [0.1, 0.15) is 0 Å². The molecule has 1 rings (SSSR count). The summed E-state index contributed by atoms with van der Waals surface area (Å²) in [5, 5.41) is 0. The summed E-state index contributed by atoms with van der Waals surface area (Å²) < 4.78 is 0. The van der Waals surface area contributed by atoms with Crippen molar-refractivity contribution in [3.8, 4) is 0 Å². The van der Waals surface area contributed by atoms with Gasteiger partial charge in [-0.05, 0) is 24.7 Å². The van der Waals surface area contributed by atoms with Gasteiger partial charge in [0.15, 0.2) is 0 Å². The lowest BCUT2D eigenvalue weighted by molar-refractivity contribution is 0.322. The van der Waals surface area contributed by atoms with E-state index in [1.165, 1.54) is 44.9 Å². The van der Waals surface area contributed by atoms with Gasteiger partial charge in [0, 0.05) is 0 Å². The Hall–Kier alpha value is -0.260. The van der Waals surface area contributed by atoms with Crippen molar-refractivity contribution in [2.75, 3.05) is 0 Å². The molecule has 12 heavy (non-hydrogen) atoms. The van der Waals surface area contributed by atoms with E-state index in [-0.39, 0.29) is 0 Å². The van der Waals surface area contributed by atoms with Crippen molar-refractivity contribution < 1.29 is 0 Å². The molecule has 1 aliphatic carbocycles. The first-order valence-electron chi connectivity index (χ1n) is 5.38. The molecule has 1 saturated carbocycles. The number of rotatable bonds is 4. The standard InChI is InChI=1S/C12H21/c1-3-11(2)9-10-12-7-5-4-6-8-12/h1,3,11-12H,4-10H2,2H3. The molecule has 0 heteroatoms. The molecule has 0 amide bonds. The lowest BCUT2D eigenvalue weighted by atomic mass is 9.84. The van der Waals surface area contributed by atoms with Crippen LogP contribution in [-0.2, 0) is 0 Å². The summed E-state index contributed by atoms with van der Waals surface area (Å²) in [6.45, 7) is 7.67. The van der Waals surface area contributed by atoms with Crippen LogP contribution in [0.1, 0.15) is 51.9 Å². The average molecular weight is 165 g/mol. The van der Waals surface area contributed by atoms with Crippen molar-refractivity contribution in [3.63, 3.8) is 0 Å². The Kier molecular flexibility index (Phi) is 4.42. The normalized spacial score (nSPS) is 22.1. The van der Waals surface area contributed by atoms with Gasteiger partial charge in [0.25, 0.3) is 0 Å². The van der Waals surface area contributed by atoms with Crippen molar-refractivity contribution in [3.05, 3.63) is 12.7 Å². The molecule has 69 valence electrons. The van der Waals surface area contributed by atoms with E-state index in [4.69, 9.17) is 6.58 Å². The molecular weight excluding hydrogens is 144 g/mol. The van der Waals surface area contributed by atoms with Crippen LogP contribution in [0, 0.1) is 18.4 Å². The number of hydrogen-bond donors (Lipinski definition) is 0. The van der Waals surface area contributed by atoms with Crippen LogP contribution in [0.2, 0.25) is 0 Å². The van der Waals surface area contributed by atoms with Gasteiger partial charge in [-0.3, -0.25) is 0 Å². The molecule has 0 aromatic rings. The summed E-state index contributed by atoms with van der Waals surface area (Å²) in [4.78, 5) is 0. The molecule has 0 spiro atoms. The first-order chi connectivity index (χ1) is 5.83. The Balaban J connectivity index is 2.08. The minimum Gasteiger partial charge on any atom is -0.0817 e. The van der Waals surface area contributed by atoms with Crippen LogP contribution in [0.3, 0.4) is 0 Å². The summed E-state index contributed by atoms with van der Waals surface area (Å²) in [6.07, 6.45) is 11.9. The van der Waals surface area contributed by atoms with Crippen LogP contribution in [-0.4, -0.2) is 0 Å². The largest absolute Gasteiger partial charge is 0.0817 e. The van der Waals surface area contributed by atoms with Gasteiger partial charge in [-0.15, -0.1) is 0 Å². The summed E-state index contributed by atoms with van der Waals surface area (Å²) in [5.74, 6) is 1.63. The Labute approximate surface area is 77.1 Å². The summed E-state index contributed by atoms with van der Waals surface area (Å²) in [5.41, 5.74) is 0. The Morgan fingerprint density at radius 3 is 2.58 bits per heavy atom. The Morgan fingerprint density at radius 1 is 1.33 bits per heavy atom. The Morgan fingerprint density at radius 2 is 2.00 bits per heavy atom. The van der Waals surface area contributed by atoms with Crippen molar-refractivity contribution in [1.82, 2.24) is 0 Å². The van der Waals surface area contributed by atoms with Gasteiger partial charge in [0.05, 0.1) is 0 Å². The molecule has 0 nitrogen and oxygen atoms in total. The summed E-state index contributed by atoms with van der Waals surface area (Å²) in [7, 11) is 0. The SMILES string of the molecule is [CH]=CC(C)CCC1CCCCC1. The van der Waals surface area contributed by atoms with Crippen molar-refractivity contribution in [2.45, 2.75) is 51.9 Å². The van der Waals surface area contributed by atoms with Crippen molar-refractivity contribution in [1.29, 1.82) is 0 Å². The van der Waals surface area contributed by atoms with Crippen LogP contribution in [0.25, 0.3) is 0 Å². The van der Waals surface area contributed by atoms with E-state index < -0.39 is 0 Å². The van der Waals surface area contributed by atoms with E-state index in [2.05, 4.69) is 6.92 Å². The molecule has 0 aromatic heterocycles. The van der Waals surface area contributed by atoms with Gasteiger partial charge in [-0.25, -0.2) is 0 Å². The molecule has 0 heterocycles. The molecule has 1 unspecified atom stereocenters. The highest BCUT2D eigenvalue weighted by molar-refractivity contribution is 4.74. The van der Waals surface area contributed by atoms with Crippen LogP contribution in [0.4, 0.5) is 0 Å². The fourth-order valence-electron chi connectivity index (χ4n) is 2.07. The highest BCUT2D eigenvalue weighted by atomic mass is 14.2. The van der Waals surface area contributed by atoms with E-state index in [1.54, 1.807) is 0 Å². The van der Waals surface area contributed by atoms with E-state index in [0.717, 1.165) is 5.92 Å². The Bertz CT molecular complexity index is 120. The lowest BCUT2D eigenvalue weighted by Crippen LogP contribution is -2.07. The van der Waals surface area contributed by atoms with Gasteiger partial charge >= 0.3 is 0 Å². The third-order valence-corrected chi connectivity index (χ3v) is 3.08. The summed E-state index contributed by atoms with van der Waals surface area (Å²) in [6, 6.07) is 0. The first-order valence-corrected chi connectivity index (χ1v) is 5.38. The molecule has 1 radical (unpaired) electrons. The van der Waals surface area contributed by atoms with E-state index in [9.17, 15) is 0 Å². The van der Waals surface area contributed by atoms with E-state index >= 15 is 0 Å². The topological polar surface area (TPSA) is 0 Å². The van der Waals surface area contributed by atoms with Crippen LogP contribution >= 0.6 is 0 Å². The predicted octanol–water partition coefficient (Wildman–Crippen LogP) is 3.97. The molecule has 1 fully saturated rings. The second kappa shape index (κ2) is 5.40. The third-order valence-electron chi connectivity index (χ3n) is 3.08. The minimum absolute atomic E-state index is 0.618. The molecule has 1 atom stereocenters. The maximum atomic E-state index is 5.46. The van der Waals surface area contributed by atoms with Crippen LogP contribution in [0.15, 0.2) is 6.08 Å². The number of allylic oxidation sites excluding steroid dienone is 1. The second-order valence-electron chi connectivity index (χ2n) is 4.25. The average Bonchev–Trinajstić information content (AvgIpc) is 2.16. The highest BCUT2D eigenvalue weighted by Gasteiger charge is 2.13. The maximum Gasteiger partial charge on any atom is -0.0259 e. The van der Waals surface area contributed by atoms with Gasteiger partial charge in [-0.1, -0.05) is 51.7 Å². The minimum atomic E-state index is 0.618. The van der Waals surface area contributed by atoms with Crippen LogP contribution in [0.5, 0.6) is 0 Å². The predicted molar refractivity (Wildman–Crippen MR) is 53.8 cm³/mol. The van der Waals surface area contributed by atoms with Gasteiger partial charge in [-0.2, -0.15) is 0 Å². The zero-order valence-corrected chi connectivity index (χ0v) is 8.26. The molecule has 1 aliphatic rings. The van der Waals surface area contributed by atoms with Crippen molar-refractivity contribution in [2.24, 2.45) is 11.8 Å². The number of hydrogen-bond acceptors (Lipinski definition) is 0. The quantitative estimate of drug-likeness (QED) is 0.591. The fraction of sp³-hybridized carbons (Fsp3) is 0.833.